The molecule has 1 unspecified atom stereocenters. The fourth-order valence-corrected chi connectivity index (χ4v) is 3.99. The third kappa shape index (κ3) is 4.57. The molecule has 0 aliphatic carbocycles. The highest BCUT2D eigenvalue weighted by atomic mass is 35.5. The standard InChI is InChI=1S/C27H23ClN2O3/c1-27(2,3)18-9-7-16(8-10-18)24-21-12-11-20(14-23(21)33-25(30)22(24)15-29)32-26(31)17-5-4-6-19(28)13-17/h4-14,24H,30H2,1-3H3. The lowest BCUT2D eigenvalue weighted by Crippen LogP contribution is -2.21. The molecule has 0 amide bonds. The number of carbonyl (C=O) groups is 1. The van der Waals surface area contributed by atoms with Gasteiger partial charge in [0.25, 0.3) is 0 Å². The van der Waals surface area contributed by atoms with Crippen LogP contribution in [0, 0.1) is 11.3 Å². The SMILES string of the molecule is CC(C)(C)c1ccc(C2C(C#N)=C(N)Oc3cc(OC(=O)c4cccc(Cl)c4)ccc32)cc1. The predicted octanol–water partition coefficient (Wildman–Crippen LogP) is 6.07. The fourth-order valence-electron chi connectivity index (χ4n) is 3.80. The smallest absolute Gasteiger partial charge is 0.343 e. The molecule has 5 nitrogen and oxygen atoms in total. The molecule has 166 valence electrons. The van der Waals surface area contributed by atoms with Gasteiger partial charge in [-0.15, -0.1) is 0 Å². The zero-order valence-corrected chi connectivity index (χ0v) is 19.3. The molecule has 0 saturated heterocycles. The van der Waals surface area contributed by atoms with E-state index in [1.165, 1.54) is 11.6 Å². The van der Waals surface area contributed by atoms with E-state index in [4.69, 9.17) is 26.8 Å². The summed E-state index contributed by atoms with van der Waals surface area (Å²) in [6, 6.07) is 22.0. The minimum Gasteiger partial charge on any atom is -0.440 e. The summed E-state index contributed by atoms with van der Waals surface area (Å²) in [5.41, 5.74) is 9.69. The first-order chi connectivity index (χ1) is 15.7. The molecule has 0 aromatic heterocycles. The monoisotopic (exact) mass is 458 g/mol. The molecular weight excluding hydrogens is 436 g/mol. The third-order valence-electron chi connectivity index (χ3n) is 5.57. The Morgan fingerprint density at radius 1 is 1.09 bits per heavy atom. The number of allylic oxidation sites excluding steroid dienone is 1. The van der Waals surface area contributed by atoms with Gasteiger partial charge in [0.1, 0.15) is 23.1 Å². The minimum absolute atomic E-state index is 0.0147. The molecule has 3 aromatic carbocycles. The molecule has 0 spiro atoms. The third-order valence-corrected chi connectivity index (χ3v) is 5.81. The molecule has 1 aliphatic heterocycles. The van der Waals surface area contributed by atoms with Crippen molar-refractivity contribution in [1.29, 1.82) is 5.26 Å². The molecule has 0 saturated carbocycles. The quantitative estimate of drug-likeness (QED) is 0.380. The molecular formula is C27H23ClN2O3. The summed E-state index contributed by atoms with van der Waals surface area (Å²) in [4.78, 5) is 12.5. The van der Waals surface area contributed by atoms with E-state index >= 15 is 0 Å². The second-order valence-corrected chi connectivity index (χ2v) is 9.33. The van der Waals surface area contributed by atoms with E-state index in [1.54, 1.807) is 36.4 Å². The van der Waals surface area contributed by atoms with Crippen molar-refractivity contribution >= 4 is 17.6 Å². The normalized spacial score (nSPS) is 15.3. The van der Waals surface area contributed by atoms with Crippen molar-refractivity contribution in [3.8, 4) is 17.6 Å². The molecule has 6 heteroatoms. The lowest BCUT2D eigenvalue weighted by atomic mass is 9.81. The number of rotatable bonds is 3. The van der Waals surface area contributed by atoms with Gasteiger partial charge in [0.05, 0.1) is 11.5 Å². The van der Waals surface area contributed by atoms with Crippen LogP contribution in [0.3, 0.4) is 0 Å². The Morgan fingerprint density at radius 2 is 1.82 bits per heavy atom. The van der Waals surface area contributed by atoms with Gasteiger partial charge in [0, 0.05) is 16.7 Å². The highest BCUT2D eigenvalue weighted by Crippen LogP contribution is 2.43. The van der Waals surface area contributed by atoms with Crippen molar-refractivity contribution in [1.82, 2.24) is 0 Å². The fraction of sp³-hybridized carbons (Fsp3) is 0.185. The first kappa shape index (κ1) is 22.4. The van der Waals surface area contributed by atoms with Crippen LogP contribution in [0.25, 0.3) is 0 Å². The van der Waals surface area contributed by atoms with Crippen LogP contribution in [-0.2, 0) is 5.41 Å². The Hall–Kier alpha value is -3.75. The van der Waals surface area contributed by atoms with E-state index in [0.717, 1.165) is 11.1 Å². The minimum atomic E-state index is -0.538. The van der Waals surface area contributed by atoms with Gasteiger partial charge >= 0.3 is 5.97 Å². The van der Waals surface area contributed by atoms with E-state index < -0.39 is 5.97 Å². The lowest BCUT2D eigenvalue weighted by Gasteiger charge is -2.27. The average molecular weight is 459 g/mol. The second-order valence-electron chi connectivity index (χ2n) is 8.90. The zero-order valence-electron chi connectivity index (χ0n) is 18.6. The number of nitriles is 1. The first-order valence-electron chi connectivity index (χ1n) is 10.5. The molecule has 3 aromatic rings. The molecule has 1 heterocycles. The van der Waals surface area contributed by atoms with Gasteiger partial charge in [0.15, 0.2) is 0 Å². The Bertz CT molecular complexity index is 1300. The molecule has 0 bridgehead atoms. The van der Waals surface area contributed by atoms with Crippen LogP contribution in [0.4, 0.5) is 0 Å². The Kier molecular flexibility index (Phi) is 5.88. The average Bonchev–Trinajstić information content (AvgIpc) is 2.77. The summed E-state index contributed by atoms with van der Waals surface area (Å²) in [7, 11) is 0. The second kappa shape index (κ2) is 8.65. The Labute approximate surface area is 198 Å². The van der Waals surface area contributed by atoms with Gasteiger partial charge in [-0.25, -0.2) is 4.79 Å². The molecule has 1 atom stereocenters. The van der Waals surface area contributed by atoms with Crippen LogP contribution in [0.15, 0.2) is 78.2 Å². The van der Waals surface area contributed by atoms with Crippen molar-refractivity contribution in [3.05, 3.63) is 105 Å². The number of carbonyl (C=O) groups excluding carboxylic acids is 1. The van der Waals surface area contributed by atoms with Gasteiger partial charge in [0.2, 0.25) is 5.88 Å². The maximum absolute atomic E-state index is 12.5. The first-order valence-corrected chi connectivity index (χ1v) is 10.8. The number of hydrogen-bond donors (Lipinski definition) is 1. The van der Waals surface area contributed by atoms with E-state index in [1.807, 2.05) is 12.1 Å². The lowest BCUT2D eigenvalue weighted by molar-refractivity contribution is 0.0734. The number of nitrogens with zero attached hydrogens (tertiary/aromatic N) is 1. The summed E-state index contributed by atoms with van der Waals surface area (Å²) >= 11 is 5.97. The number of nitrogens with two attached hydrogens (primary N) is 1. The van der Waals surface area contributed by atoms with Crippen LogP contribution in [0.1, 0.15) is 53.7 Å². The summed E-state index contributed by atoms with van der Waals surface area (Å²) in [5.74, 6) is -0.149. The molecule has 2 N–H and O–H groups in total. The van der Waals surface area contributed by atoms with Crippen molar-refractivity contribution in [2.75, 3.05) is 0 Å². The predicted molar refractivity (Wildman–Crippen MR) is 127 cm³/mol. The number of halogens is 1. The van der Waals surface area contributed by atoms with E-state index in [0.29, 0.717) is 27.7 Å². The van der Waals surface area contributed by atoms with Gasteiger partial charge < -0.3 is 15.2 Å². The zero-order chi connectivity index (χ0) is 23.8. The van der Waals surface area contributed by atoms with Crippen molar-refractivity contribution in [3.63, 3.8) is 0 Å². The van der Waals surface area contributed by atoms with Crippen molar-refractivity contribution in [2.45, 2.75) is 32.1 Å². The van der Waals surface area contributed by atoms with Crippen LogP contribution in [0.2, 0.25) is 5.02 Å². The molecule has 33 heavy (non-hydrogen) atoms. The van der Waals surface area contributed by atoms with E-state index in [-0.39, 0.29) is 17.2 Å². The van der Waals surface area contributed by atoms with Gasteiger partial charge in [-0.2, -0.15) is 5.26 Å². The van der Waals surface area contributed by atoms with E-state index in [9.17, 15) is 10.1 Å². The highest BCUT2D eigenvalue weighted by molar-refractivity contribution is 6.30. The van der Waals surface area contributed by atoms with Crippen LogP contribution < -0.4 is 15.2 Å². The highest BCUT2D eigenvalue weighted by Gasteiger charge is 2.31. The maximum atomic E-state index is 12.5. The molecule has 0 radical (unpaired) electrons. The number of benzene rings is 3. The van der Waals surface area contributed by atoms with Crippen LogP contribution in [0.5, 0.6) is 11.5 Å². The summed E-state index contributed by atoms with van der Waals surface area (Å²) in [6.07, 6.45) is 0. The van der Waals surface area contributed by atoms with Crippen LogP contribution in [-0.4, -0.2) is 5.97 Å². The summed E-state index contributed by atoms with van der Waals surface area (Å²) in [5, 5.41) is 10.2. The van der Waals surface area contributed by atoms with Crippen molar-refractivity contribution in [2.24, 2.45) is 5.73 Å². The number of hydrogen-bond acceptors (Lipinski definition) is 5. The summed E-state index contributed by atoms with van der Waals surface area (Å²) < 4.78 is 11.2. The maximum Gasteiger partial charge on any atom is 0.343 e. The van der Waals surface area contributed by atoms with Gasteiger partial charge in [-0.3, -0.25) is 0 Å². The Morgan fingerprint density at radius 3 is 2.45 bits per heavy atom. The topological polar surface area (TPSA) is 85.3 Å². The van der Waals surface area contributed by atoms with Crippen LogP contribution >= 0.6 is 11.6 Å². The number of esters is 1. The number of ether oxygens (including phenoxy) is 2. The molecule has 1 aliphatic rings. The Balaban J connectivity index is 1.68. The summed E-state index contributed by atoms with van der Waals surface area (Å²) in [6.45, 7) is 6.45. The van der Waals surface area contributed by atoms with Gasteiger partial charge in [-0.05, 0) is 40.8 Å². The van der Waals surface area contributed by atoms with Crippen molar-refractivity contribution < 1.29 is 14.3 Å². The largest absolute Gasteiger partial charge is 0.440 e. The number of fused-ring (bicyclic) bond motifs is 1. The van der Waals surface area contributed by atoms with E-state index in [2.05, 4.69) is 39.0 Å². The molecule has 0 fully saturated rings. The molecule has 4 rings (SSSR count). The van der Waals surface area contributed by atoms with Gasteiger partial charge in [-0.1, -0.05) is 68.8 Å².